The van der Waals surface area contributed by atoms with E-state index in [0.717, 1.165) is 68.4 Å². The second-order valence-corrected chi connectivity index (χ2v) is 9.11. The quantitative estimate of drug-likeness (QED) is 0.227. The molecule has 7 nitrogen and oxygen atoms in total. The average Bonchev–Trinajstić information content (AvgIpc) is 3.56. The highest BCUT2D eigenvalue weighted by Crippen LogP contribution is 2.35. The van der Waals surface area contributed by atoms with E-state index >= 15 is 0 Å². The lowest BCUT2D eigenvalue weighted by Gasteiger charge is -2.07. The van der Waals surface area contributed by atoms with Gasteiger partial charge in [0.25, 0.3) is 0 Å². The van der Waals surface area contributed by atoms with Crippen LogP contribution in [-0.2, 0) is 4.79 Å². The molecule has 4 aromatic heterocycles. The lowest BCUT2D eigenvalue weighted by molar-refractivity contribution is -0.116. The molecule has 0 fully saturated rings. The molecule has 0 aliphatic heterocycles. The van der Waals surface area contributed by atoms with E-state index in [1.807, 2.05) is 54.9 Å². The lowest BCUT2D eigenvalue weighted by Crippen LogP contribution is -2.11. The topological polar surface area (TPSA) is 99.3 Å². The fourth-order valence-electron chi connectivity index (χ4n) is 4.65. The van der Waals surface area contributed by atoms with Crippen LogP contribution in [0.5, 0.6) is 0 Å². The number of nitrogens with one attached hydrogen (secondary N) is 3. The van der Waals surface area contributed by atoms with Gasteiger partial charge >= 0.3 is 0 Å². The number of anilines is 1. The summed E-state index contributed by atoms with van der Waals surface area (Å²) in [7, 11) is 0. The minimum atomic E-state index is 0.0113. The molecule has 6 rings (SSSR count). The zero-order chi connectivity index (χ0) is 25.2. The summed E-state index contributed by atoms with van der Waals surface area (Å²) in [5.41, 5.74) is 8.37. The van der Waals surface area contributed by atoms with Gasteiger partial charge in [-0.25, -0.2) is 0 Å². The number of H-pyrrole nitrogens is 2. The predicted molar refractivity (Wildman–Crippen MR) is 148 cm³/mol. The normalized spacial score (nSPS) is 11.3. The summed E-state index contributed by atoms with van der Waals surface area (Å²) in [4.78, 5) is 24.6. The molecule has 7 heteroatoms. The average molecular weight is 487 g/mol. The number of fused-ring (bicyclic) bond motifs is 2. The third-order valence-electron chi connectivity index (χ3n) is 6.54. The van der Waals surface area contributed by atoms with Crippen molar-refractivity contribution < 1.29 is 4.79 Å². The Morgan fingerprint density at radius 3 is 2.73 bits per heavy atom. The molecule has 0 spiro atoms. The zero-order valence-corrected chi connectivity index (χ0v) is 20.5. The SMILES string of the molecule is CCCCC(=O)Nc1cncc(-c2ccc3[nH]nc(-c4cc5c(-c6ccccn6)cccc5[nH]4)c3c2)c1. The molecule has 0 bridgehead atoms. The lowest BCUT2D eigenvalue weighted by atomic mass is 10.0. The van der Waals surface area contributed by atoms with Gasteiger partial charge in [-0.15, -0.1) is 0 Å². The predicted octanol–water partition coefficient (Wildman–Crippen LogP) is 6.96. The van der Waals surface area contributed by atoms with E-state index in [0.29, 0.717) is 12.1 Å². The third kappa shape index (κ3) is 4.47. The van der Waals surface area contributed by atoms with Crippen LogP contribution in [0.4, 0.5) is 5.69 Å². The van der Waals surface area contributed by atoms with Crippen LogP contribution in [0.1, 0.15) is 26.2 Å². The summed E-state index contributed by atoms with van der Waals surface area (Å²) < 4.78 is 0. The summed E-state index contributed by atoms with van der Waals surface area (Å²) in [6.07, 6.45) is 7.67. The van der Waals surface area contributed by atoms with E-state index in [1.54, 1.807) is 6.20 Å². The molecule has 0 atom stereocenters. The smallest absolute Gasteiger partial charge is 0.224 e. The number of aromatic amines is 2. The van der Waals surface area contributed by atoms with Crippen LogP contribution < -0.4 is 5.32 Å². The van der Waals surface area contributed by atoms with E-state index in [2.05, 4.69) is 61.7 Å². The Labute approximate surface area is 214 Å². The van der Waals surface area contributed by atoms with Gasteiger partial charge in [0.15, 0.2) is 0 Å². The zero-order valence-electron chi connectivity index (χ0n) is 20.5. The first-order valence-corrected chi connectivity index (χ1v) is 12.5. The van der Waals surface area contributed by atoms with Crippen molar-refractivity contribution >= 4 is 33.4 Å². The molecular formula is C30H26N6O. The highest BCUT2D eigenvalue weighted by atomic mass is 16.1. The fraction of sp³-hybridized carbons (Fsp3) is 0.133. The first kappa shape index (κ1) is 22.7. The van der Waals surface area contributed by atoms with Gasteiger partial charge in [-0.05, 0) is 54.4 Å². The molecule has 1 amide bonds. The molecular weight excluding hydrogens is 460 g/mol. The van der Waals surface area contributed by atoms with Crippen LogP contribution in [0.3, 0.4) is 0 Å². The number of amides is 1. The van der Waals surface area contributed by atoms with Gasteiger partial charge in [-0.1, -0.05) is 37.6 Å². The summed E-state index contributed by atoms with van der Waals surface area (Å²) >= 11 is 0. The molecule has 0 saturated heterocycles. The number of pyridine rings is 2. The van der Waals surface area contributed by atoms with Gasteiger partial charge in [0.1, 0.15) is 5.69 Å². The maximum atomic E-state index is 12.2. The molecule has 2 aromatic carbocycles. The maximum absolute atomic E-state index is 12.2. The van der Waals surface area contributed by atoms with Gasteiger partial charge in [0.05, 0.1) is 28.8 Å². The second kappa shape index (κ2) is 9.70. The van der Waals surface area contributed by atoms with Crippen LogP contribution in [0, 0.1) is 0 Å². The van der Waals surface area contributed by atoms with Crippen LogP contribution in [0.15, 0.2) is 85.3 Å². The Balaban J connectivity index is 1.37. The van der Waals surface area contributed by atoms with Crippen molar-refractivity contribution in [2.75, 3.05) is 5.32 Å². The van der Waals surface area contributed by atoms with Crippen molar-refractivity contribution in [2.24, 2.45) is 0 Å². The molecule has 0 radical (unpaired) electrons. The summed E-state index contributed by atoms with van der Waals surface area (Å²) in [5.74, 6) is 0.0113. The summed E-state index contributed by atoms with van der Waals surface area (Å²) in [5, 5.41) is 12.9. The monoisotopic (exact) mass is 486 g/mol. The number of hydrogen-bond donors (Lipinski definition) is 3. The van der Waals surface area contributed by atoms with E-state index in [-0.39, 0.29) is 5.91 Å². The van der Waals surface area contributed by atoms with Crippen LogP contribution in [0.2, 0.25) is 0 Å². The number of aromatic nitrogens is 5. The van der Waals surface area contributed by atoms with Crippen molar-refractivity contribution in [3.63, 3.8) is 0 Å². The molecule has 182 valence electrons. The second-order valence-electron chi connectivity index (χ2n) is 9.11. The molecule has 3 N–H and O–H groups in total. The first-order valence-electron chi connectivity index (χ1n) is 12.5. The standard InChI is InChI=1S/C30H26N6O/c1-2-3-10-29(37)33-21-14-20(17-31-18-21)19-11-12-27-24(15-19)30(36-35-27)28-16-23-22(7-6-9-26(23)34-28)25-8-4-5-13-32-25/h4-9,11-18,34H,2-3,10H2,1H3,(H,33,37)(H,35,36). The van der Waals surface area contributed by atoms with E-state index in [9.17, 15) is 4.79 Å². The third-order valence-corrected chi connectivity index (χ3v) is 6.54. The molecule has 37 heavy (non-hydrogen) atoms. The van der Waals surface area contributed by atoms with Gasteiger partial charge in [-0.3, -0.25) is 19.9 Å². The number of benzene rings is 2. The Morgan fingerprint density at radius 1 is 0.919 bits per heavy atom. The first-order chi connectivity index (χ1) is 18.2. The number of rotatable bonds is 7. The van der Waals surface area contributed by atoms with Gasteiger partial charge in [0.2, 0.25) is 5.91 Å². The van der Waals surface area contributed by atoms with E-state index in [4.69, 9.17) is 0 Å². The van der Waals surface area contributed by atoms with Crippen LogP contribution in [-0.4, -0.2) is 31.1 Å². The Kier molecular flexibility index (Phi) is 5.94. The van der Waals surface area contributed by atoms with Crippen LogP contribution in [0.25, 0.3) is 55.6 Å². The maximum Gasteiger partial charge on any atom is 0.224 e. The number of unbranched alkanes of at least 4 members (excludes halogenated alkanes) is 1. The number of nitrogens with zero attached hydrogens (tertiary/aromatic N) is 3. The fourth-order valence-corrected chi connectivity index (χ4v) is 4.65. The summed E-state index contributed by atoms with van der Waals surface area (Å²) in [6, 6.07) is 22.4. The van der Waals surface area contributed by atoms with Crippen molar-refractivity contribution in [1.82, 2.24) is 25.1 Å². The molecule has 0 unspecified atom stereocenters. The van der Waals surface area contributed by atoms with Gasteiger partial charge in [-0.2, -0.15) is 5.10 Å². The highest BCUT2D eigenvalue weighted by molar-refractivity contribution is 6.01. The number of hydrogen-bond acceptors (Lipinski definition) is 4. The minimum Gasteiger partial charge on any atom is -0.353 e. The van der Waals surface area contributed by atoms with Crippen molar-refractivity contribution in [2.45, 2.75) is 26.2 Å². The van der Waals surface area contributed by atoms with Gasteiger partial charge < -0.3 is 10.3 Å². The van der Waals surface area contributed by atoms with Gasteiger partial charge in [0, 0.05) is 46.2 Å². The van der Waals surface area contributed by atoms with E-state index in [1.165, 1.54) is 0 Å². The Morgan fingerprint density at radius 2 is 1.86 bits per heavy atom. The van der Waals surface area contributed by atoms with Crippen molar-refractivity contribution in [3.8, 4) is 33.8 Å². The summed E-state index contributed by atoms with van der Waals surface area (Å²) in [6.45, 7) is 2.07. The molecule has 0 aliphatic rings. The molecule has 6 aromatic rings. The van der Waals surface area contributed by atoms with Crippen molar-refractivity contribution in [3.05, 3.63) is 85.3 Å². The molecule has 0 saturated carbocycles. The van der Waals surface area contributed by atoms with Crippen molar-refractivity contribution in [1.29, 1.82) is 0 Å². The highest BCUT2D eigenvalue weighted by Gasteiger charge is 2.15. The molecule has 4 heterocycles. The number of carbonyl (C=O) groups is 1. The molecule has 0 aliphatic carbocycles. The largest absolute Gasteiger partial charge is 0.353 e. The van der Waals surface area contributed by atoms with Crippen LogP contribution >= 0.6 is 0 Å². The Hall–Kier alpha value is -4.78. The van der Waals surface area contributed by atoms with E-state index < -0.39 is 0 Å². The minimum absolute atomic E-state index is 0.0113. The Bertz CT molecular complexity index is 1720. The number of carbonyl (C=O) groups excluding carboxylic acids is 1.